The first-order chi connectivity index (χ1) is 23.0. The lowest BCUT2D eigenvalue weighted by molar-refractivity contribution is -0.188. The van der Waals surface area contributed by atoms with E-state index in [0.29, 0.717) is 49.7 Å². The highest BCUT2D eigenvalue weighted by atomic mass is 19.3. The number of halogens is 4. The molecule has 0 aromatic heterocycles. The van der Waals surface area contributed by atoms with Crippen molar-refractivity contribution in [1.29, 1.82) is 0 Å². The standard InChI is InChI=1S/C38H34F4O6/c1-3-35(43)45-26-11-7-5-9-14-29-18-22-31(23-19-29)37(39,40)47-33-16-13-17-34(28-33)48-38(41,42)32-24-20-30(21-25-32)15-10-6-8-12-27-46-36(44)4-2/h3-4,13,16-25,28H,1-2,5-8,11-12,26-27H2. The Kier molecular flexibility index (Phi) is 14.3. The molecule has 0 spiro atoms. The average molecular weight is 663 g/mol. The SMILES string of the molecule is C=CC(=O)OCCCCC#Cc1ccc(C(F)(F)Oc2cccc(OC(F)(F)c3ccc(C#CCCCCOC(=O)C=C)cc3)c2)cc1. The number of rotatable bonds is 16. The molecule has 10 heteroatoms. The van der Waals surface area contributed by atoms with Gasteiger partial charge < -0.3 is 18.9 Å². The van der Waals surface area contributed by atoms with E-state index in [1.165, 1.54) is 66.7 Å². The van der Waals surface area contributed by atoms with Crippen molar-refractivity contribution < 1.29 is 46.1 Å². The minimum atomic E-state index is -3.77. The molecule has 0 saturated carbocycles. The Labute approximate surface area is 277 Å². The van der Waals surface area contributed by atoms with Gasteiger partial charge >= 0.3 is 24.2 Å². The maximum absolute atomic E-state index is 14.9. The van der Waals surface area contributed by atoms with Crippen molar-refractivity contribution in [1.82, 2.24) is 0 Å². The van der Waals surface area contributed by atoms with Crippen molar-refractivity contribution in [3.63, 3.8) is 0 Å². The molecule has 48 heavy (non-hydrogen) atoms. The summed E-state index contributed by atoms with van der Waals surface area (Å²) in [5, 5.41) is 0. The third-order valence-corrected chi connectivity index (χ3v) is 6.42. The quantitative estimate of drug-likeness (QED) is 0.0504. The smallest absolute Gasteiger partial charge is 0.426 e. The van der Waals surface area contributed by atoms with Crippen LogP contribution in [-0.2, 0) is 31.3 Å². The van der Waals surface area contributed by atoms with Gasteiger partial charge in [0.25, 0.3) is 0 Å². The van der Waals surface area contributed by atoms with Gasteiger partial charge in [0.2, 0.25) is 0 Å². The summed E-state index contributed by atoms with van der Waals surface area (Å²) in [5.41, 5.74) is 0.133. The van der Waals surface area contributed by atoms with Crippen LogP contribution >= 0.6 is 0 Å². The highest BCUT2D eigenvalue weighted by Crippen LogP contribution is 2.36. The van der Waals surface area contributed by atoms with E-state index in [9.17, 15) is 27.2 Å². The summed E-state index contributed by atoms with van der Waals surface area (Å²) >= 11 is 0. The molecule has 250 valence electrons. The van der Waals surface area contributed by atoms with Gasteiger partial charge in [0, 0.05) is 42.2 Å². The highest BCUT2D eigenvalue weighted by molar-refractivity contribution is 5.81. The summed E-state index contributed by atoms with van der Waals surface area (Å²) in [7, 11) is 0. The maximum Gasteiger partial charge on any atom is 0.426 e. The Morgan fingerprint density at radius 3 is 1.40 bits per heavy atom. The van der Waals surface area contributed by atoms with Crippen molar-refractivity contribution in [2.45, 2.75) is 50.7 Å². The molecule has 0 aliphatic rings. The largest absolute Gasteiger partial charge is 0.463 e. The summed E-state index contributed by atoms with van der Waals surface area (Å²) in [6.45, 7) is 7.16. The first kappa shape index (κ1) is 37.0. The van der Waals surface area contributed by atoms with E-state index in [1.54, 1.807) is 0 Å². The van der Waals surface area contributed by atoms with Gasteiger partial charge in [0.15, 0.2) is 0 Å². The van der Waals surface area contributed by atoms with Crippen LogP contribution in [0.1, 0.15) is 60.8 Å². The fourth-order valence-electron chi connectivity index (χ4n) is 3.93. The van der Waals surface area contributed by atoms with Crippen molar-refractivity contribution in [2.75, 3.05) is 13.2 Å². The van der Waals surface area contributed by atoms with E-state index in [4.69, 9.17) is 18.9 Å². The highest BCUT2D eigenvalue weighted by Gasteiger charge is 2.36. The van der Waals surface area contributed by atoms with Crippen LogP contribution in [0.3, 0.4) is 0 Å². The second-order valence-electron chi connectivity index (χ2n) is 10.1. The Hall–Kier alpha value is -5.48. The number of ether oxygens (including phenoxy) is 4. The summed E-state index contributed by atoms with van der Waals surface area (Å²) in [6.07, 6.45) is -1.65. The van der Waals surface area contributed by atoms with Crippen LogP contribution in [0.15, 0.2) is 98.1 Å². The molecule has 0 fully saturated rings. The second kappa shape index (κ2) is 18.6. The van der Waals surface area contributed by atoms with Gasteiger partial charge in [-0.25, -0.2) is 9.59 Å². The summed E-state index contributed by atoms with van der Waals surface area (Å²) in [4.78, 5) is 22.0. The van der Waals surface area contributed by atoms with Crippen molar-refractivity contribution in [3.05, 3.63) is 120 Å². The molecular weight excluding hydrogens is 628 g/mol. The molecule has 3 aromatic rings. The Balaban J connectivity index is 1.52. The zero-order valence-corrected chi connectivity index (χ0v) is 26.1. The first-order valence-corrected chi connectivity index (χ1v) is 15.0. The van der Waals surface area contributed by atoms with Crippen LogP contribution in [0.5, 0.6) is 11.5 Å². The van der Waals surface area contributed by atoms with Gasteiger partial charge in [0.1, 0.15) is 11.5 Å². The molecule has 3 aromatic carbocycles. The maximum atomic E-state index is 14.9. The molecule has 0 bridgehead atoms. The zero-order chi connectivity index (χ0) is 34.8. The average Bonchev–Trinajstić information content (AvgIpc) is 3.07. The molecular formula is C38H34F4O6. The lowest BCUT2D eigenvalue weighted by Gasteiger charge is -2.21. The lowest BCUT2D eigenvalue weighted by atomic mass is 10.1. The van der Waals surface area contributed by atoms with E-state index in [0.717, 1.165) is 18.2 Å². The minimum Gasteiger partial charge on any atom is -0.463 e. The number of unbranched alkanes of at least 4 members (excludes halogenated alkanes) is 4. The second-order valence-corrected chi connectivity index (χ2v) is 10.1. The molecule has 0 aliphatic heterocycles. The fraction of sp³-hybridized carbons (Fsp3) is 0.263. The molecule has 0 N–H and O–H groups in total. The molecule has 0 heterocycles. The molecule has 0 radical (unpaired) electrons. The number of benzene rings is 3. The Morgan fingerprint density at radius 1 is 0.625 bits per heavy atom. The van der Waals surface area contributed by atoms with E-state index in [2.05, 4.69) is 36.8 Å². The predicted molar refractivity (Wildman–Crippen MR) is 172 cm³/mol. The van der Waals surface area contributed by atoms with Gasteiger partial charge in [-0.1, -0.05) is 42.9 Å². The number of hydrogen-bond donors (Lipinski definition) is 0. The predicted octanol–water partition coefficient (Wildman–Crippen LogP) is 8.45. The topological polar surface area (TPSA) is 71.1 Å². The summed E-state index contributed by atoms with van der Waals surface area (Å²) < 4.78 is 79.3. The zero-order valence-electron chi connectivity index (χ0n) is 26.1. The molecule has 0 saturated heterocycles. The number of hydrogen-bond acceptors (Lipinski definition) is 6. The Morgan fingerprint density at radius 2 is 1.02 bits per heavy atom. The third-order valence-electron chi connectivity index (χ3n) is 6.42. The van der Waals surface area contributed by atoms with Crippen molar-refractivity contribution in [3.8, 4) is 35.2 Å². The summed E-state index contributed by atoms with van der Waals surface area (Å²) in [5.74, 6) is 9.92. The van der Waals surface area contributed by atoms with E-state index >= 15 is 0 Å². The van der Waals surface area contributed by atoms with Crippen molar-refractivity contribution >= 4 is 11.9 Å². The van der Waals surface area contributed by atoms with Crippen LogP contribution < -0.4 is 9.47 Å². The van der Waals surface area contributed by atoms with E-state index in [1.807, 2.05) is 0 Å². The number of alkyl halides is 4. The van der Waals surface area contributed by atoms with Crippen LogP contribution in [0.2, 0.25) is 0 Å². The first-order valence-electron chi connectivity index (χ1n) is 15.0. The van der Waals surface area contributed by atoms with Crippen LogP contribution in [0.4, 0.5) is 17.6 Å². The molecule has 0 aliphatic carbocycles. The van der Waals surface area contributed by atoms with Gasteiger partial charge in [-0.2, -0.15) is 17.6 Å². The third kappa shape index (κ3) is 12.7. The van der Waals surface area contributed by atoms with E-state index in [-0.39, 0.29) is 24.7 Å². The monoisotopic (exact) mass is 662 g/mol. The van der Waals surface area contributed by atoms with Crippen molar-refractivity contribution in [2.24, 2.45) is 0 Å². The van der Waals surface area contributed by atoms with Crippen LogP contribution in [0.25, 0.3) is 0 Å². The van der Waals surface area contributed by atoms with Crippen LogP contribution in [0, 0.1) is 23.7 Å². The van der Waals surface area contributed by atoms with Gasteiger partial charge in [-0.3, -0.25) is 0 Å². The van der Waals surface area contributed by atoms with Gasteiger partial charge in [0.05, 0.1) is 24.3 Å². The number of carbonyl (C=O) groups is 2. The normalized spacial score (nSPS) is 10.8. The van der Waals surface area contributed by atoms with Gasteiger partial charge in [-0.05, 0) is 86.3 Å². The van der Waals surface area contributed by atoms with E-state index < -0.39 is 35.3 Å². The lowest BCUT2D eigenvalue weighted by Crippen LogP contribution is -2.23. The summed E-state index contributed by atoms with van der Waals surface area (Å²) in [6, 6.07) is 15.0. The number of esters is 2. The van der Waals surface area contributed by atoms with Gasteiger partial charge in [-0.15, -0.1) is 0 Å². The van der Waals surface area contributed by atoms with Crippen LogP contribution in [-0.4, -0.2) is 25.2 Å². The molecule has 0 unspecified atom stereocenters. The molecule has 0 atom stereocenters. The minimum absolute atomic E-state index is 0.264. The molecule has 3 rings (SSSR count). The number of carbonyl (C=O) groups excluding carboxylic acids is 2. The molecule has 6 nitrogen and oxygen atoms in total. The molecule has 0 amide bonds. The fourth-order valence-corrected chi connectivity index (χ4v) is 3.93. The Bertz CT molecular complexity index is 1540.